The van der Waals surface area contributed by atoms with E-state index in [0.29, 0.717) is 0 Å². The molecule has 0 unspecified atom stereocenters. The number of hydrogen-bond acceptors (Lipinski definition) is 0. The van der Waals surface area contributed by atoms with Gasteiger partial charge < -0.3 is 9.97 Å². The fourth-order valence-corrected chi connectivity index (χ4v) is 2.44. The fourth-order valence-electron chi connectivity index (χ4n) is 2.44. The van der Waals surface area contributed by atoms with Gasteiger partial charge in [-0.05, 0) is 35.4 Å². The van der Waals surface area contributed by atoms with Crippen molar-refractivity contribution in [3.8, 4) is 22.3 Å². The molecule has 0 atom stereocenters. The van der Waals surface area contributed by atoms with E-state index in [-0.39, 0.29) is 0 Å². The second-order valence-corrected chi connectivity index (χ2v) is 4.60. The van der Waals surface area contributed by atoms with Crippen LogP contribution in [-0.4, -0.2) is 9.97 Å². The van der Waals surface area contributed by atoms with E-state index in [0.717, 1.165) is 11.4 Å². The molecule has 0 amide bonds. The van der Waals surface area contributed by atoms with Crippen LogP contribution in [0.3, 0.4) is 0 Å². The van der Waals surface area contributed by atoms with Crippen LogP contribution in [-0.2, 0) is 0 Å². The van der Waals surface area contributed by atoms with Gasteiger partial charge in [-0.25, -0.2) is 0 Å². The lowest BCUT2D eigenvalue weighted by Crippen LogP contribution is -1.82. The molecule has 2 heterocycles. The summed E-state index contributed by atoms with van der Waals surface area (Å²) in [6.45, 7) is 7.65. The lowest BCUT2D eigenvalue weighted by atomic mass is 10.0. The van der Waals surface area contributed by atoms with Gasteiger partial charge in [-0.1, -0.05) is 37.4 Å². The van der Waals surface area contributed by atoms with Crippen LogP contribution in [0.15, 0.2) is 61.9 Å². The number of rotatable bonds is 4. The number of benzene rings is 1. The van der Waals surface area contributed by atoms with Gasteiger partial charge in [0.05, 0.1) is 0 Å². The summed E-state index contributed by atoms with van der Waals surface area (Å²) in [6.07, 6.45) is 7.54. The smallest absolute Gasteiger partial charge is 0.0454 e. The van der Waals surface area contributed by atoms with Crippen LogP contribution in [0, 0.1) is 0 Å². The molecule has 3 rings (SSSR count). The minimum Gasteiger partial charge on any atom is -0.361 e. The molecular formula is C18H16N2. The SMILES string of the molecule is C=Cc1[nH]ccc1-c1ccc(-c2cc[nH]c2C=C)cc1. The first-order valence-electron chi connectivity index (χ1n) is 6.54. The standard InChI is InChI=1S/C18H16N2/c1-3-17-15(9-11-19-17)13-5-7-14(8-6-13)16-10-12-20-18(16)4-2/h3-12,19-20H,1-2H2. The van der Waals surface area contributed by atoms with E-state index in [9.17, 15) is 0 Å². The minimum absolute atomic E-state index is 1.05. The van der Waals surface area contributed by atoms with E-state index in [1.165, 1.54) is 22.3 Å². The van der Waals surface area contributed by atoms with Crippen LogP contribution in [0.2, 0.25) is 0 Å². The molecule has 0 aliphatic heterocycles. The third kappa shape index (κ3) is 2.01. The highest BCUT2D eigenvalue weighted by Crippen LogP contribution is 2.28. The van der Waals surface area contributed by atoms with Gasteiger partial charge in [-0.3, -0.25) is 0 Å². The quantitative estimate of drug-likeness (QED) is 0.664. The first kappa shape index (κ1) is 12.3. The second kappa shape index (κ2) is 5.10. The van der Waals surface area contributed by atoms with E-state index in [2.05, 4.69) is 59.5 Å². The monoisotopic (exact) mass is 260 g/mol. The van der Waals surface area contributed by atoms with Crippen molar-refractivity contribution in [2.24, 2.45) is 0 Å². The maximum absolute atomic E-state index is 3.82. The van der Waals surface area contributed by atoms with Crippen molar-refractivity contribution in [2.45, 2.75) is 0 Å². The Bertz CT molecular complexity index is 677. The van der Waals surface area contributed by atoms with Crippen LogP contribution in [0.25, 0.3) is 34.4 Å². The Labute approximate surface area is 118 Å². The summed E-state index contributed by atoms with van der Waals surface area (Å²) in [4.78, 5) is 6.36. The molecule has 0 aliphatic carbocycles. The Morgan fingerprint density at radius 2 is 1.05 bits per heavy atom. The van der Waals surface area contributed by atoms with E-state index in [1.807, 2.05) is 24.5 Å². The van der Waals surface area contributed by atoms with E-state index in [1.54, 1.807) is 0 Å². The van der Waals surface area contributed by atoms with Crippen LogP contribution in [0.5, 0.6) is 0 Å². The molecule has 2 N–H and O–H groups in total. The van der Waals surface area contributed by atoms with Gasteiger partial charge in [0, 0.05) is 34.9 Å². The summed E-state index contributed by atoms with van der Waals surface area (Å²) in [5.74, 6) is 0. The highest BCUT2D eigenvalue weighted by Gasteiger charge is 2.06. The predicted octanol–water partition coefficient (Wildman–Crippen LogP) is 4.96. The Balaban J connectivity index is 2.00. The highest BCUT2D eigenvalue weighted by atomic mass is 14.7. The van der Waals surface area contributed by atoms with Crippen LogP contribution in [0.1, 0.15) is 11.4 Å². The minimum atomic E-state index is 1.05. The van der Waals surface area contributed by atoms with Gasteiger partial charge in [-0.15, -0.1) is 0 Å². The summed E-state index contributed by atoms with van der Waals surface area (Å²) in [7, 11) is 0. The first-order valence-corrected chi connectivity index (χ1v) is 6.54. The number of aromatic nitrogens is 2. The summed E-state index contributed by atoms with van der Waals surface area (Å²) in [5.41, 5.74) is 6.80. The van der Waals surface area contributed by atoms with Crippen molar-refractivity contribution >= 4 is 12.2 Å². The molecule has 1 aromatic carbocycles. The number of H-pyrrole nitrogens is 2. The normalized spacial score (nSPS) is 10.4. The topological polar surface area (TPSA) is 31.6 Å². The van der Waals surface area contributed by atoms with Gasteiger partial charge in [0.25, 0.3) is 0 Å². The average Bonchev–Trinajstić information content (AvgIpc) is 3.15. The van der Waals surface area contributed by atoms with Crippen molar-refractivity contribution in [1.82, 2.24) is 9.97 Å². The Morgan fingerprint density at radius 1 is 0.650 bits per heavy atom. The van der Waals surface area contributed by atoms with Gasteiger partial charge >= 0.3 is 0 Å². The molecule has 20 heavy (non-hydrogen) atoms. The van der Waals surface area contributed by atoms with Gasteiger partial charge in [-0.2, -0.15) is 0 Å². The molecular weight excluding hydrogens is 244 g/mol. The molecule has 0 spiro atoms. The number of hydrogen-bond donors (Lipinski definition) is 2. The highest BCUT2D eigenvalue weighted by molar-refractivity contribution is 5.78. The lowest BCUT2D eigenvalue weighted by molar-refractivity contribution is 1.37. The summed E-state index contributed by atoms with van der Waals surface area (Å²) < 4.78 is 0. The second-order valence-electron chi connectivity index (χ2n) is 4.60. The first-order chi connectivity index (χ1) is 9.83. The van der Waals surface area contributed by atoms with Crippen molar-refractivity contribution in [1.29, 1.82) is 0 Å². The van der Waals surface area contributed by atoms with Crippen molar-refractivity contribution in [3.05, 3.63) is 73.3 Å². The van der Waals surface area contributed by atoms with Gasteiger partial charge in [0.15, 0.2) is 0 Å². The maximum Gasteiger partial charge on any atom is 0.0454 e. The molecule has 2 nitrogen and oxygen atoms in total. The molecule has 0 saturated heterocycles. The largest absolute Gasteiger partial charge is 0.361 e. The Hall–Kier alpha value is -2.74. The molecule has 0 fully saturated rings. The molecule has 2 aromatic heterocycles. The summed E-state index contributed by atoms with van der Waals surface area (Å²) in [6, 6.07) is 12.7. The summed E-state index contributed by atoms with van der Waals surface area (Å²) in [5, 5.41) is 0. The van der Waals surface area contributed by atoms with E-state index < -0.39 is 0 Å². The van der Waals surface area contributed by atoms with Crippen LogP contribution >= 0.6 is 0 Å². The Morgan fingerprint density at radius 3 is 1.40 bits per heavy atom. The average molecular weight is 260 g/mol. The number of aromatic amines is 2. The molecule has 0 radical (unpaired) electrons. The molecule has 0 bridgehead atoms. The molecule has 98 valence electrons. The van der Waals surface area contributed by atoms with Crippen LogP contribution < -0.4 is 0 Å². The van der Waals surface area contributed by atoms with Crippen molar-refractivity contribution in [2.75, 3.05) is 0 Å². The maximum atomic E-state index is 3.82. The zero-order chi connectivity index (χ0) is 13.9. The molecule has 0 saturated carbocycles. The van der Waals surface area contributed by atoms with Gasteiger partial charge in [0.1, 0.15) is 0 Å². The number of nitrogens with one attached hydrogen (secondary N) is 2. The lowest BCUT2D eigenvalue weighted by Gasteiger charge is -2.04. The third-order valence-corrected chi connectivity index (χ3v) is 3.47. The third-order valence-electron chi connectivity index (χ3n) is 3.47. The van der Waals surface area contributed by atoms with Crippen molar-refractivity contribution < 1.29 is 0 Å². The Kier molecular flexibility index (Phi) is 3.13. The predicted molar refractivity (Wildman–Crippen MR) is 86.2 cm³/mol. The fraction of sp³-hybridized carbons (Fsp3) is 0. The zero-order valence-corrected chi connectivity index (χ0v) is 11.2. The van der Waals surface area contributed by atoms with Crippen molar-refractivity contribution in [3.63, 3.8) is 0 Å². The van der Waals surface area contributed by atoms with E-state index in [4.69, 9.17) is 0 Å². The zero-order valence-electron chi connectivity index (χ0n) is 11.2. The van der Waals surface area contributed by atoms with E-state index >= 15 is 0 Å². The molecule has 2 heteroatoms. The molecule has 3 aromatic rings. The summed E-state index contributed by atoms with van der Waals surface area (Å²) >= 11 is 0. The van der Waals surface area contributed by atoms with Gasteiger partial charge in [0.2, 0.25) is 0 Å². The molecule has 0 aliphatic rings. The van der Waals surface area contributed by atoms with Crippen LogP contribution in [0.4, 0.5) is 0 Å².